The molecular formula is C16H25N4O2+. The highest BCUT2D eigenvalue weighted by atomic mass is 16.2. The molecule has 4 N–H and O–H groups in total. The molecule has 1 aromatic rings. The summed E-state index contributed by atoms with van der Waals surface area (Å²) >= 11 is 0. The second kappa shape index (κ2) is 6.79. The second-order valence-corrected chi connectivity index (χ2v) is 5.94. The summed E-state index contributed by atoms with van der Waals surface area (Å²) in [5.74, 6) is -0.303. The molecule has 1 fully saturated rings. The quantitative estimate of drug-likeness (QED) is 0.710. The van der Waals surface area contributed by atoms with E-state index in [2.05, 4.69) is 42.3 Å². The van der Waals surface area contributed by atoms with Crippen LogP contribution in [0.2, 0.25) is 0 Å². The average Bonchev–Trinajstić information content (AvgIpc) is 2.49. The number of amides is 3. The first-order chi connectivity index (χ1) is 10.4. The number of primary amides is 1. The molecule has 1 aliphatic heterocycles. The summed E-state index contributed by atoms with van der Waals surface area (Å²) < 4.78 is 0. The third-order valence-corrected chi connectivity index (χ3v) is 4.57. The van der Waals surface area contributed by atoms with Gasteiger partial charge >= 0.3 is 6.03 Å². The van der Waals surface area contributed by atoms with Crippen molar-refractivity contribution >= 4 is 17.6 Å². The number of rotatable bonds is 3. The maximum absolute atomic E-state index is 11.9. The van der Waals surface area contributed by atoms with Crippen molar-refractivity contribution in [2.45, 2.75) is 26.8 Å². The number of hydrogen-bond donors (Lipinski definition) is 3. The topological polar surface area (TPSA) is 79.9 Å². The number of carbonyl (C=O) groups is 2. The van der Waals surface area contributed by atoms with Gasteiger partial charge in [-0.3, -0.25) is 10.1 Å². The van der Waals surface area contributed by atoms with Crippen molar-refractivity contribution in [2.24, 2.45) is 5.73 Å². The average molecular weight is 305 g/mol. The molecule has 1 aliphatic rings. The van der Waals surface area contributed by atoms with Crippen molar-refractivity contribution in [1.82, 2.24) is 5.32 Å². The SMILES string of the molecule is Cc1cccc(N2CC[NH+]([C@@H](C)C(=O)NC(N)=O)CC2)c1C. The summed E-state index contributed by atoms with van der Waals surface area (Å²) in [5, 5.41) is 2.16. The smallest absolute Gasteiger partial charge is 0.319 e. The van der Waals surface area contributed by atoms with Gasteiger partial charge in [0.15, 0.2) is 6.04 Å². The summed E-state index contributed by atoms with van der Waals surface area (Å²) in [5.41, 5.74) is 8.88. The van der Waals surface area contributed by atoms with Gasteiger partial charge < -0.3 is 15.5 Å². The summed E-state index contributed by atoms with van der Waals surface area (Å²) in [6.45, 7) is 9.62. The van der Waals surface area contributed by atoms with Gasteiger partial charge in [-0.15, -0.1) is 0 Å². The van der Waals surface area contributed by atoms with Gasteiger partial charge in [0.25, 0.3) is 5.91 Å². The van der Waals surface area contributed by atoms with Crippen LogP contribution < -0.4 is 20.9 Å². The molecule has 1 aromatic carbocycles. The summed E-state index contributed by atoms with van der Waals surface area (Å²) in [7, 11) is 0. The summed E-state index contributed by atoms with van der Waals surface area (Å²) in [6.07, 6.45) is 0. The van der Waals surface area contributed by atoms with E-state index >= 15 is 0 Å². The molecule has 6 nitrogen and oxygen atoms in total. The number of carbonyl (C=O) groups excluding carboxylic acids is 2. The monoisotopic (exact) mass is 305 g/mol. The minimum Gasteiger partial charge on any atom is -0.360 e. The van der Waals surface area contributed by atoms with Crippen molar-refractivity contribution in [3.63, 3.8) is 0 Å². The van der Waals surface area contributed by atoms with Crippen LogP contribution in [0.3, 0.4) is 0 Å². The number of quaternary nitrogens is 1. The highest BCUT2D eigenvalue weighted by Crippen LogP contribution is 2.22. The second-order valence-electron chi connectivity index (χ2n) is 5.94. The number of benzene rings is 1. The van der Waals surface area contributed by atoms with E-state index in [-0.39, 0.29) is 11.9 Å². The maximum atomic E-state index is 11.9. The van der Waals surface area contributed by atoms with E-state index in [4.69, 9.17) is 5.73 Å². The number of urea groups is 1. The number of aryl methyl sites for hydroxylation is 1. The van der Waals surface area contributed by atoms with E-state index in [0.29, 0.717) is 0 Å². The van der Waals surface area contributed by atoms with Gasteiger partial charge in [-0.2, -0.15) is 0 Å². The number of piperazine rings is 1. The van der Waals surface area contributed by atoms with Crippen LogP contribution in [0.1, 0.15) is 18.1 Å². The highest BCUT2D eigenvalue weighted by Gasteiger charge is 2.30. The fourth-order valence-corrected chi connectivity index (χ4v) is 2.96. The maximum Gasteiger partial charge on any atom is 0.319 e. The van der Waals surface area contributed by atoms with Crippen LogP contribution in [0.4, 0.5) is 10.5 Å². The minimum atomic E-state index is -0.787. The third-order valence-electron chi connectivity index (χ3n) is 4.57. The van der Waals surface area contributed by atoms with Crippen LogP contribution in [0.25, 0.3) is 0 Å². The van der Waals surface area contributed by atoms with Crippen LogP contribution in [0.15, 0.2) is 18.2 Å². The van der Waals surface area contributed by atoms with Gasteiger partial charge in [0.2, 0.25) is 0 Å². The highest BCUT2D eigenvalue weighted by molar-refractivity contribution is 5.95. The number of nitrogens with one attached hydrogen (secondary N) is 2. The first kappa shape index (κ1) is 16.3. The molecule has 1 atom stereocenters. The molecule has 0 aliphatic carbocycles. The number of anilines is 1. The first-order valence-corrected chi connectivity index (χ1v) is 7.66. The standard InChI is InChI=1S/C16H24N4O2/c1-11-5-4-6-14(12(11)2)20-9-7-19(8-10-20)13(3)15(21)18-16(17)22/h4-6,13H,7-10H2,1-3H3,(H3,17,18,21,22)/p+1/t13-/m0/s1. The van der Waals surface area contributed by atoms with Crippen LogP contribution in [-0.2, 0) is 4.79 Å². The van der Waals surface area contributed by atoms with E-state index in [1.165, 1.54) is 21.7 Å². The first-order valence-electron chi connectivity index (χ1n) is 7.66. The van der Waals surface area contributed by atoms with Gasteiger partial charge in [-0.05, 0) is 38.0 Å². The van der Waals surface area contributed by atoms with Crippen LogP contribution >= 0.6 is 0 Å². The zero-order valence-electron chi connectivity index (χ0n) is 13.5. The molecule has 1 saturated heterocycles. The molecule has 120 valence electrons. The normalized spacial score (nSPS) is 17.1. The Kier molecular flexibility index (Phi) is 5.03. The summed E-state index contributed by atoms with van der Waals surface area (Å²) in [6, 6.07) is 5.30. The molecule has 22 heavy (non-hydrogen) atoms. The molecule has 0 unspecified atom stereocenters. The van der Waals surface area contributed by atoms with Crippen LogP contribution in [0.5, 0.6) is 0 Å². The molecule has 0 aromatic heterocycles. The third kappa shape index (κ3) is 3.57. The van der Waals surface area contributed by atoms with Gasteiger partial charge in [0, 0.05) is 5.69 Å². The molecule has 0 bridgehead atoms. The lowest BCUT2D eigenvalue weighted by atomic mass is 10.1. The van der Waals surface area contributed by atoms with E-state index in [9.17, 15) is 9.59 Å². The Morgan fingerprint density at radius 2 is 1.91 bits per heavy atom. The fraction of sp³-hybridized carbons (Fsp3) is 0.500. The van der Waals surface area contributed by atoms with Crippen LogP contribution in [-0.4, -0.2) is 44.2 Å². The molecule has 6 heteroatoms. The van der Waals surface area contributed by atoms with Gasteiger partial charge in [-0.25, -0.2) is 4.79 Å². The van der Waals surface area contributed by atoms with Crippen molar-refractivity contribution in [1.29, 1.82) is 0 Å². The van der Waals surface area contributed by atoms with Gasteiger partial charge in [0.1, 0.15) is 0 Å². The lowest BCUT2D eigenvalue weighted by molar-refractivity contribution is -0.914. The van der Waals surface area contributed by atoms with Crippen molar-refractivity contribution < 1.29 is 14.5 Å². The molecule has 2 rings (SSSR count). The Morgan fingerprint density at radius 3 is 2.50 bits per heavy atom. The predicted molar refractivity (Wildman–Crippen MR) is 86.0 cm³/mol. The minimum absolute atomic E-state index is 0.270. The zero-order valence-corrected chi connectivity index (χ0v) is 13.5. The largest absolute Gasteiger partial charge is 0.360 e. The van der Waals surface area contributed by atoms with E-state index in [0.717, 1.165) is 26.2 Å². The van der Waals surface area contributed by atoms with Gasteiger partial charge in [0.05, 0.1) is 26.2 Å². The van der Waals surface area contributed by atoms with E-state index < -0.39 is 6.03 Å². The molecule has 0 radical (unpaired) electrons. The molecular weight excluding hydrogens is 280 g/mol. The Morgan fingerprint density at radius 1 is 1.27 bits per heavy atom. The fourth-order valence-electron chi connectivity index (χ4n) is 2.96. The summed E-state index contributed by atoms with van der Waals surface area (Å²) in [4.78, 5) is 26.2. The molecule has 1 heterocycles. The van der Waals surface area contributed by atoms with E-state index in [1.807, 2.05) is 6.92 Å². The van der Waals surface area contributed by atoms with Crippen LogP contribution in [0, 0.1) is 13.8 Å². The Labute approximate surface area is 131 Å². The number of imide groups is 1. The van der Waals surface area contributed by atoms with E-state index in [1.54, 1.807) is 0 Å². The Hall–Kier alpha value is -2.08. The molecule has 0 saturated carbocycles. The lowest BCUT2D eigenvalue weighted by Gasteiger charge is -2.36. The van der Waals surface area contributed by atoms with Crippen molar-refractivity contribution in [3.8, 4) is 0 Å². The number of nitrogens with zero attached hydrogens (tertiary/aromatic N) is 1. The predicted octanol–water partition coefficient (Wildman–Crippen LogP) is -0.408. The van der Waals surface area contributed by atoms with Crippen molar-refractivity contribution in [2.75, 3.05) is 31.1 Å². The Balaban J connectivity index is 1.97. The number of hydrogen-bond acceptors (Lipinski definition) is 3. The molecule has 3 amide bonds. The molecule has 0 spiro atoms. The number of nitrogens with two attached hydrogens (primary N) is 1. The van der Waals surface area contributed by atoms with Crippen molar-refractivity contribution in [3.05, 3.63) is 29.3 Å². The lowest BCUT2D eigenvalue weighted by Crippen LogP contribution is -3.19. The Bertz CT molecular complexity index is 565. The van der Waals surface area contributed by atoms with Gasteiger partial charge in [-0.1, -0.05) is 12.1 Å². The zero-order chi connectivity index (χ0) is 16.3.